The molecule has 0 bridgehead atoms. The number of carbonyl (C=O) groups is 1. The summed E-state index contributed by atoms with van der Waals surface area (Å²) in [6, 6.07) is 21.5. The highest BCUT2D eigenvalue weighted by atomic mass is 16.6. The lowest BCUT2D eigenvalue weighted by atomic mass is 9.92. The lowest BCUT2D eigenvalue weighted by Crippen LogP contribution is -2.36. The Morgan fingerprint density at radius 3 is 2.12 bits per heavy atom. The van der Waals surface area contributed by atoms with E-state index in [1.807, 2.05) is 54.6 Å². The van der Waals surface area contributed by atoms with Crippen LogP contribution in [-0.2, 0) is 12.2 Å². The van der Waals surface area contributed by atoms with Crippen LogP contribution in [0.3, 0.4) is 0 Å². The van der Waals surface area contributed by atoms with Crippen molar-refractivity contribution in [1.82, 2.24) is 0 Å². The number of hydrogen-bond acceptors (Lipinski definition) is 10. The number of aromatic hydroxyl groups is 5. The topological polar surface area (TPSA) is 177 Å². The van der Waals surface area contributed by atoms with Gasteiger partial charge in [-0.05, 0) is 30.2 Å². The van der Waals surface area contributed by atoms with E-state index in [2.05, 4.69) is 0 Å². The minimum Gasteiger partial charge on any atom is -0.508 e. The van der Waals surface area contributed by atoms with Gasteiger partial charge in [0.05, 0.1) is 0 Å². The first-order chi connectivity index (χ1) is 19.1. The predicted octanol–water partition coefficient (Wildman–Crippen LogP) is 3.75. The van der Waals surface area contributed by atoms with E-state index in [0.29, 0.717) is 6.42 Å². The smallest absolute Gasteiger partial charge is 0.235 e. The zero-order valence-corrected chi connectivity index (χ0v) is 20.9. The van der Waals surface area contributed by atoms with Crippen LogP contribution in [-0.4, -0.2) is 47.6 Å². The van der Waals surface area contributed by atoms with E-state index in [9.17, 15) is 40.5 Å². The molecule has 0 spiro atoms. The quantitative estimate of drug-likeness (QED) is 0.183. The second-order valence-corrected chi connectivity index (χ2v) is 9.45. The molecule has 0 saturated heterocycles. The Hall–Kier alpha value is -4.93. The normalized spacial score (nSPS) is 21.1. The Balaban J connectivity index is 0.000000168. The molecular formula is C30H26O10. The first-order valence-corrected chi connectivity index (χ1v) is 12.3. The SMILES string of the molecule is O=C1c2c(O)cc(O)cc2O[C@@H](c2cc(O)c(O)c(O)c2)[C@@H]1O.OC1(c2ccccc2)CCc2ccccc2O1. The third-order valence-electron chi connectivity index (χ3n) is 6.75. The van der Waals surface area contributed by atoms with Crippen molar-refractivity contribution in [2.24, 2.45) is 0 Å². The fourth-order valence-corrected chi connectivity index (χ4v) is 4.70. The molecule has 0 radical (unpaired) electrons. The number of ketones is 1. The summed E-state index contributed by atoms with van der Waals surface area (Å²) >= 11 is 0. The highest BCUT2D eigenvalue weighted by Crippen LogP contribution is 2.44. The molecule has 0 aliphatic carbocycles. The number of Topliss-reactive ketones (excluding diaryl/α,β-unsaturated/α-hetero) is 1. The maximum Gasteiger partial charge on any atom is 0.235 e. The van der Waals surface area contributed by atoms with E-state index in [0.717, 1.165) is 47.6 Å². The van der Waals surface area contributed by atoms with Crippen molar-refractivity contribution in [2.45, 2.75) is 30.8 Å². The molecule has 10 nitrogen and oxygen atoms in total. The van der Waals surface area contributed by atoms with E-state index in [1.165, 1.54) is 0 Å². The number of ether oxygens (including phenoxy) is 2. The number of aryl methyl sites for hydroxylation is 1. The van der Waals surface area contributed by atoms with Crippen LogP contribution in [0.2, 0.25) is 0 Å². The first-order valence-electron chi connectivity index (χ1n) is 12.3. The van der Waals surface area contributed by atoms with Gasteiger partial charge in [-0.15, -0.1) is 0 Å². The largest absolute Gasteiger partial charge is 0.508 e. The Bertz CT molecular complexity index is 1550. The van der Waals surface area contributed by atoms with Crippen LogP contribution in [0.25, 0.3) is 0 Å². The lowest BCUT2D eigenvalue weighted by molar-refractivity contribution is -0.158. The molecule has 2 aliphatic rings. The van der Waals surface area contributed by atoms with Crippen molar-refractivity contribution in [3.63, 3.8) is 0 Å². The Morgan fingerprint density at radius 2 is 1.43 bits per heavy atom. The summed E-state index contributed by atoms with van der Waals surface area (Å²) in [7, 11) is 0. The number of carbonyl (C=O) groups excluding carboxylic acids is 1. The van der Waals surface area contributed by atoms with Gasteiger partial charge in [0.15, 0.2) is 29.5 Å². The fraction of sp³-hybridized carbons (Fsp3) is 0.167. The molecule has 7 N–H and O–H groups in total. The van der Waals surface area contributed by atoms with Crippen LogP contribution >= 0.6 is 0 Å². The maximum absolute atomic E-state index is 12.2. The average Bonchev–Trinajstić information content (AvgIpc) is 2.94. The van der Waals surface area contributed by atoms with E-state index in [4.69, 9.17) is 9.47 Å². The van der Waals surface area contributed by atoms with Crippen LogP contribution < -0.4 is 9.47 Å². The van der Waals surface area contributed by atoms with Crippen molar-refractivity contribution in [3.05, 3.63) is 101 Å². The molecule has 10 heteroatoms. The van der Waals surface area contributed by atoms with Gasteiger partial charge in [0.1, 0.15) is 28.6 Å². The number of fused-ring (bicyclic) bond motifs is 2. The molecule has 2 heterocycles. The number of para-hydroxylation sites is 1. The molecule has 4 aromatic carbocycles. The van der Waals surface area contributed by atoms with Gasteiger partial charge in [-0.1, -0.05) is 48.5 Å². The van der Waals surface area contributed by atoms with Gasteiger partial charge >= 0.3 is 0 Å². The molecule has 3 atom stereocenters. The van der Waals surface area contributed by atoms with E-state index in [-0.39, 0.29) is 22.6 Å². The Morgan fingerprint density at radius 1 is 0.775 bits per heavy atom. The maximum atomic E-state index is 12.2. The molecule has 6 rings (SSSR count). The zero-order chi connectivity index (χ0) is 28.6. The zero-order valence-electron chi connectivity index (χ0n) is 20.9. The molecule has 1 unspecified atom stereocenters. The summed E-state index contributed by atoms with van der Waals surface area (Å²) in [6.07, 6.45) is -1.61. The molecule has 0 saturated carbocycles. The van der Waals surface area contributed by atoms with Crippen molar-refractivity contribution in [2.75, 3.05) is 0 Å². The Labute approximate surface area is 228 Å². The molecule has 0 fully saturated rings. The van der Waals surface area contributed by atoms with E-state index in [1.54, 1.807) is 0 Å². The number of benzene rings is 4. The van der Waals surface area contributed by atoms with Gasteiger partial charge in [-0.25, -0.2) is 0 Å². The number of aliphatic hydroxyl groups is 2. The van der Waals surface area contributed by atoms with Gasteiger partial charge in [-0.3, -0.25) is 4.79 Å². The predicted molar refractivity (Wildman–Crippen MR) is 141 cm³/mol. The summed E-state index contributed by atoms with van der Waals surface area (Å²) in [5, 5.41) is 68.3. The van der Waals surface area contributed by atoms with Gasteiger partial charge < -0.3 is 45.2 Å². The first kappa shape index (κ1) is 26.7. The van der Waals surface area contributed by atoms with Crippen molar-refractivity contribution in [3.8, 4) is 40.2 Å². The molecule has 4 aromatic rings. The van der Waals surface area contributed by atoms with Crippen molar-refractivity contribution >= 4 is 5.78 Å². The standard InChI is InChI=1S/C15H12O8.C15H14O2/c16-6-3-7(17)11-10(4-6)23-15(14(22)13(11)21)5-1-8(18)12(20)9(19)2-5;16-15(13-7-2-1-3-8-13)11-10-12-6-4-5-9-14(12)17-15/h1-4,14-20,22H;1-9,16H,10-11H2/t14-,15+;/m1./s1. The van der Waals surface area contributed by atoms with Crippen LogP contribution in [0, 0.1) is 0 Å². The second kappa shape index (κ2) is 10.3. The number of phenols is 5. The number of rotatable bonds is 2. The minimum atomic E-state index is -1.72. The average molecular weight is 547 g/mol. The molecule has 206 valence electrons. The fourth-order valence-electron chi connectivity index (χ4n) is 4.70. The van der Waals surface area contributed by atoms with E-state index >= 15 is 0 Å². The van der Waals surface area contributed by atoms with Crippen molar-refractivity contribution < 1.29 is 50.0 Å². The van der Waals surface area contributed by atoms with Crippen LogP contribution in [0.4, 0.5) is 0 Å². The monoisotopic (exact) mass is 546 g/mol. The molecule has 0 aromatic heterocycles. The molecule has 40 heavy (non-hydrogen) atoms. The van der Waals surface area contributed by atoms with Gasteiger partial charge in [0.2, 0.25) is 11.6 Å². The van der Waals surface area contributed by atoms with Gasteiger partial charge in [0.25, 0.3) is 0 Å². The van der Waals surface area contributed by atoms with Crippen LogP contribution in [0.1, 0.15) is 39.6 Å². The third kappa shape index (κ3) is 4.93. The molecule has 0 amide bonds. The third-order valence-corrected chi connectivity index (χ3v) is 6.75. The van der Waals surface area contributed by atoms with E-state index < -0.39 is 46.8 Å². The number of aliphatic hydroxyl groups excluding tert-OH is 1. The summed E-state index contributed by atoms with van der Waals surface area (Å²) in [5.74, 6) is -4.36. The van der Waals surface area contributed by atoms with Gasteiger partial charge in [-0.2, -0.15) is 0 Å². The molecular weight excluding hydrogens is 520 g/mol. The van der Waals surface area contributed by atoms with Gasteiger partial charge in [0, 0.05) is 29.7 Å². The summed E-state index contributed by atoms with van der Waals surface area (Å²) in [6.45, 7) is 0. The minimum absolute atomic E-state index is 0.0205. The second-order valence-electron chi connectivity index (χ2n) is 9.45. The number of phenolic OH excluding ortho intramolecular Hbond substituents is 5. The highest BCUT2D eigenvalue weighted by Gasteiger charge is 2.40. The summed E-state index contributed by atoms with van der Waals surface area (Å²) < 4.78 is 11.2. The summed E-state index contributed by atoms with van der Waals surface area (Å²) in [4.78, 5) is 12.2. The number of hydrogen-bond donors (Lipinski definition) is 7. The molecule has 2 aliphatic heterocycles. The summed E-state index contributed by atoms with van der Waals surface area (Å²) in [5.41, 5.74) is 1.72. The lowest BCUT2D eigenvalue weighted by Gasteiger charge is -2.34. The van der Waals surface area contributed by atoms with Crippen molar-refractivity contribution in [1.29, 1.82) is 0 Å². The van der Waals surface area contributed by atoms with Crippen LogP contribution in [0.5, 0.6) is 40.2 Å². The Kier molecular flexibility index (Phi) is 6.88. The highest BCUT2D eigenvalue weighted by molar-refractivity contribution is 6.05. The van der Waals surface area contributed by atoms with Crippen LogP contribution in [0.15, 0.2) is 78.9 Å².